The molecule has 21 heavy (non-hydrogen) atoms. The summed E-state index contributed by atoms with van der Waals surface area (Å²) in [5.74, 6) is -1.35. The Bertz CT molecular complexity index is 673. The lowest BCUT2D eigenvalue weighted by molar-refractivity contribution is -0.140. The average molecular weight is 383 g/mol. The van der Waals surface area contributed by atoms with E-state index in [0.717, 1.165) is 12.1 Å². The van der Waals surface area contributed by atoms with Crippen LogP contribution in [0.2, 0.25) is 5.02 Å². The lowest BCUT2D eigenvalue weighted by Gasteiger charge is -2.16. The zero-order valence-corrected chi connectivity index (χ0v) is 12.7. The molecule has 0 fully saturated rings. The molecule has 2 N–H and O–H groups in total. The maximum atomic E-state index is 13.6. The topological polar surface area (TPSA) is 26.0 Å². The molecule has 0 saturated carbocycles. The van der Waals surface area contributed by atoms with Crippen molar-refractivity contribution in [2.75, 3.05) is 0 Å². The molecule has 0 saturated heterocycles. The third-order valence-electron chi connectivity index (χ3n) is 2.96. The Hall–Kier alpha value is -1.11. The fourth-order valence-corrected chi connectivity index (χ4v) is 2.82. The highest BCUT2D eigenvalue weighted by Gasteiger charge is 2.34. The summed E-state index contributed by atoms with van der Waals surface area (Å²) in [5, 5.41) is 0.483. The Kier molecular flexibility index (Phi) is 4.60. The van der Waals surface area contributed by atoms with Crippen LogP contribution in [0.25, 0.3) is 0 Å². The molecule has 0 aliphatic heterocycles. The summed E-state index contributed by atoms with van der Waals surface area (Å²) in [6.07, 6.45) is -4.73. The summed E-state index contributed by atoms with van der Waals surface area (Å²) in [5.41, 5.74) is 5.50. The molecule has 112 valence electrons. The van der Waals surface area contributed by atoms with Crippen LogP contribution in [0.1, 0.15) is 22.7 Å². The van der Waals surface area contributed by atoms with Crippen molar-refractivity contribution in [2.45, 2.75) is 12.2 Å². The standard InChI is InChI=1S/C14H9BrClF4N/c15-11-6-8(16)2-3-9(11)13(21)7-1-4-10(12(17)5-7)14(18,19)20/h1-6,13H,21H2. The SMILES string of the molecule is NC(c1ccc(C(F)(F)F)c(F)c1)c1ccc(Cl)cc1Br. The molecule has 0 radical (unpaired) electrons. The van der Waals surface area contributed by atoms with Gasteiger partial charge in [0, 0.05) is 9.50 Å². The molecule has 1 nitrogen and oxygen atoms in total. The van der Waals surface area contributed by atoms with Gasteiger partial charge < -0.3 is 5.73 Å². The fourth-order valence-electron chi connectivity index (χ4n) is 1.89. The van der Waals surface area contributed by atoms with Gasteiger partial charge in [-0.25, -0.2) is 4.39 Å². The van der Waals surface area contributed by atoms with Crippen molar-refractivity contribution in [3.8, 4) is 0 Å². The quantitative estimate of drug-likeness (QED) is 0.700. The molecule has 2 aromatic carbocycles. The van der Waals surface area contributed by atoms with E-state index in [0.29, 0.717) is 21.1 Å². The van der Waals surface area contributed by atoms with E-state index in [2.05, 4.69) is 15.9 Å². The molecule has 0 aliphatic carbocycles. The van der Waals surface area contributed by atoms with Crippen molar-refractivity contribution in [1.82, 2.24) is 0 Å². The van der Waals surface area contributed by atoms with Gasteiger partial charge in [0.15, 0.2) is 0 Å². The largest absolute Gasteiger partial charge is 0.419 e. The number of rotatable bonds is 2. The first-order valence-corrected chi connectivity index (χ1v) is 6.94. The summed E-state index contributed by atoms with van der Waals surface area (Å²) in [4.78, 5) is 0. The van der Waals surface area contributed by atoms with E-state index in [4.69, 9.17) is 17.3 Å². The van der Waals surface area contributed by atoms with E-state index in [1.807, 2.05) is 0 Å². The molecule has 2 aromatic rings. The Labute approximate surface area is 131 Å². The highest BCUT2D eigenvalue weighted by atomic mass is 79.9. The molecule has 0 bridgehead atoms. The molecule has 0 spiro atoms. The Morgan fingerprint density at radius 3 is 2.29 bits per heavy atom. The smallest absolute Gasteiger partial charge is 0.320 e. The number of hydrogen-bond acceptors (Lipinski definition) is 1. The van der Waals surface area contributed by atoms with Crippen molar-refractivity contribution < 1.29 is 17.6 Å². The first-order valence-electron chi connectivity index (χ1n) is 5.77. The zero-order valence-electron chi connectivity index (χ0n) is 10.4. The van der Waals surface area contributed by atoms with Gasteiger partial charge in [0.1, 0.15) is 5.82 Å². The number of alkyl halides is 3. The van der Waals surface area contributed by atoms with Crippen molar-refractivity contribution in [3.05, 3.63) is 68.4 Å². The summed E-state index contributed by atoms with van der Waals surface area (Å²) in [7, 11) is 0. The van der Waals surface area contributed by atoms with E-state index in [1.165, 1.54) is 0 Å². The minimum atomic E-state index is -4.73. The second-order valence-electron chi connectivity index (χ2n) is 4.38. The van der Waals surface area contributed by atoms with Crippen molar-refractivity contribution in [3.63, 3.8) is 0 Å². The molecule has 0 heterocycles. The maximum absolute atomic E-state index is 13.6. The predicted octanol–water partition coefficient (Wildman–Crippen LogP) is 5.31. The molecule has 0 aromatic heterocycles. The predicted molar refractivity (Wildman–Crippen MR) is 76.6 cm³/mol. The third kappa shape index (κ3) is 3.56. The van der Waals surface area contributed by atoms with Gasteiger partial charge in [-0.1, -0.05) is 39.7 Å². The van der Waals surface area contributed by atoms with E-state index < -0.39 is 23.6 Å². The molecule has 7 heteroatoms. The van der Waals surface area contributed by atoms with Gasteiger partial charge in [0.05, 0.1) is 11.6 Å². The maximum Gasteiger partial charge on any atom is 0.419 e. The third-order valence-corrected chi connectivity index (χ3v) is 3.88. The van der Waals surface area contributed by atoms with Gasteiger partial charge in [-0.2, -0.15) is 13.2 Å². The molecular formula is C14H9BrClF4N. The number of hydrogen-bond donors (Lipinski definition) is 1. The number of benzene rings is 2. The van der Waals surface area contributed by atoms with Crippen LogP contribution in [-0.2, 0) is 6.18 Å². The van der Waals surface area contributed by atoms with E-state index in [9.17, 15) is 17.6 Å². The van der Waals surface area contributed by atoms with Crippen LogP contribution in [0.4, 0.5) is 17.6 Å². The van der Waals surface area contributed by atoms with E-state index in [-0.39, 0.29) is 5.56 Å². The second-order valence-corrected chi connectivity index (χ2v) is 5.67. The average Bonchev–Trinajstić information content (AvgIpc) is 2.36. The second kappa shape index (κ2) is 5.94. The summed E-state index contributed by atoms with van der Waals surface area (Å²) >= 11 is 9.08. The van der Waals surface area contributed by atoms with Crippen molar-refractivity contribution in [2.24, 2.45) is 5.73 Å². The van der Waals surface area contributed by atoms with Crippen molar-refractivity contribution >= 4 is 27.5 Å². The summed E-state index contributed by atoms with van der Waals surface area (Å²) < 4.78 is 51.7. The van der Waals surface area contributed by atoms with Gasteiger partial charge in [-0.05, 0) is 35.4 Å². The number of nitrogens with two attached hydrogens (primary N) is 1. The van der Waals surface area contributed by atoms with Gasteiger partial charge in [0.25, 0.3) is 0 Å². The molecule has 0 aliphatic rings. The van der Waals surface area contributed by atoms with Crippen LogP contribution >= 0.6 is 27.5 Å². The van der Waals surface area contributed by atoms with Crippen molar-refractivity contribution in [1.29, 1.82) is 0 Å². The van der Waals surface area contributed by atoms with Gasteiger partial charge in [0.2, 0.25) is 0 Å². The summed E-state index contributed by atoms with van der Waals surface area (Å²) in [6, 6.07) is 6.72. The monoisotopic (exact) mass is 381 g/mol. The van der Waals surface area contributed by atoms with Crippen LogP contribution in [0.15, 0.2) is 40.9 Å². The van der Waals surface area contributed by atoms with Crippen LogP contribution in [0, 0.1) is 5.82 Å². The molecule has 1 atom stereocenters. The Balaban J connectivity index is 2.40. The minimum Gasteiger partial charge on any atom is -0.320 e. The molecule has 1 unspecified atom stereocenters. The van der Waals surface area contributed by atoms with E-state index in [1.54, 1.807) is 18.2 Å². The Morgan fingerprint density at radius 2 is 1.76 bits per heavy atom. The summed E-state index contributed by atoms with van der Waals surface area (Å²) in [6.45, 7) is 0. The Morgan fingerprint density at radius 1 is 1.10 bits per heavy atom. The highest BCUT2D eigenvalue weighted by molar-refractivity contribution is 9.10. The molecule has 2 rings (SSSR count). The van der Waals surface area contributed by atoms with Crippen LogP contribution in [0.5, 0.6) is 0 Å². The highest BCUT2D eigenvalue weighted by Crippen LogP contribution is 2.34. The van der Waals surface area contributed by atoms with E-state index >= 15 is 0 Å². The van der Waals surface area contributed by atoms with Crippen LogP contribution < -0.4 is 5.73 Å². The van der Waals surface area contributed by atoms with Gasteiger partial charge in [-0.3, -0.25) is 0 Å². The lowest BCUT2D eigenvalue weighted by Crippen LogP contribution is -2.14. The fraction of sp³-hybridized carbons (Fsp3) is 0.143. The normalized spacial score (nSPS) is 13.3. The van der Waals surface area contributed by atoms with Gasteiger partial charge in [-0.15, -0.1) is 0 Å². The zero-order chi connectivity index (χ0) is 15.8. The first kappa shape index (κ1) is 16.3. The molecular weight excluding hydrogens is 374 g/mol. The number of halogens is 6. The minimum absolute atomic E-state index is 0.239. The lowest BCUT2D eigenvalue weighted by atomic mass is 9.98. The van der Waals surface area contributed by atoms with Gasteiger partial charge >= 0.3 is 6.18 Å². The van der Waals surface area contributed by atoms with Crippen LogP contribution in [0.3, 0.4) is 0 Å². The first-order chi connectivity index (χ1) is 9.70. The molecule has 0 amide bonds. The van der Waals surface area contributed by atoms with Crippen LogP contribution in [-0.4, -0.2) is 0 Å².